The van der Waals surface area contributed by atoms with E-state index in [0.717, 1.165) is 0 Å². The molecule has 45 heavy (non-hydrogen) atoms. The van der Waals surface area contributed by atoms with Crippen molar-refractivity contribution in [3.63, 3.8) is 0 Å². The molecule has 13 nitrogen and oxygen atoms in total. The van der Waals surface area contributed by atoms with Crippen LogP contribution in [0.5, 0.6) is 17.2 Å². The Balaban J connectivity index is 0.00000400. The summed E-state index contributed by atoms with van der Waals surface area (Å²) in [7, 11) is 1.34. The number of ketones is 3. The Morgan fingerprint density at radius 2 is 1.78 bits per heavy atom. The van der Waals surface area contributed by atoms with Gasteiger partial charge in [0.25, 0.3) is 0 Å². The van der Waals surface area contributed by atoms with Gasteiger partial charge in [-0.15, -0.1) is 12.4 Å². The van der Waals surface area contributed by atoms with Gasteiger partial charge >= 0.3 is 0 Å². The fourth-order valence-corrected chi connectivity index (χ4v) is 6.96. The zero-order valence-electron chi connectivity index (χ0n) is 24.7. The van der Waals surface area contributed by atoms with Crippen LogP contribution >= 0.6 is 12.4 Å². The molecule has 2 saturated heterocycles. The number of rotatable bonds is 6. The second-order valence-electron chi connectivity index (χ2n) is 11.7. The summed E-state index contributed by atoms with van der Waals surface area (Å²) in [6, 6.07) is 4.04. The number of hydrogen-bond acceptors (Lipinski definition) is 13. The van der Waals surface area contributed by atoms with E-state index in [9.17, 15) is 39.9 Å². The summed E-state index contributed by atoms with van der Waals surface area (Å²) < 4.78 is 23.0. The number of morpholine rings is 1. The van der Waals surface area contributed by atoms with Crippen LogP contribution in [0.4, 0.5) is 0 Å². The SMILES string of the molecule is COc1cccc2c1C(=O)c1c(O)c3c(c(O)c1C2=O)CC(O)(C(=O)CO)CC3OC1CC(N2CCOCC2)C(O)C(C)O1.Cl. The molecule has 6 unspecified atom stereocenters. The zero-order valence-corrected chi connectivity index (χ0v) is 25.5. The van der Waals surface area contributed by atoms with E-state index in [-0.39, 0.29) is 52.9 Å². The topological polar surface area (TPSA) is 193 Å². The monoisotopic (exact) mass is 649 g/mol. The van der Waals surface area contributed by atoms with Gasteiger partial charge in [-0.3, -0.25) is 19.3 Å². The lowest BCUT2D eigenvalue weighted by Gasteiger charge is -2.46. The number of fused-ring (bicyclic) bond motifs is 3. The molecule has 2 fully saturated rings. The average molecular weight is 650 g/mol. The Kier molecular flexibility index (Phi) is 9.28. The number of phenols is 2. The van der Waals surface area contributed by atoms with Crippen molar-refractivity contribution in [2.75, 3.05) is 40.0 Å². The lowest BCUT2D eigenvalue weighted by Crippen LogP contribution is -2.58. The van der Waals surface area contributed by atoms with Gasteiger partial charge in [-0.25, -0.2) is 0 Å². The highest BCUT2D eigenvalue weighted by molar-refractivity contribution is 6.31. The number of hydrogen-bond donors (Lipinski definition) is 5. The number of aliphatic hydroxyl groups excluding tert-OH is 2. The number of ether oxygens (including phenoxy) is 4. The summed E-state index contributed by atoms with van der Waals surface area (Å²) in [5.41, 5.74) is -3.52. The van der Waals surface area contributed by atoms with E-state index in [2.05, 4.69) is 4.90 Å². The molecule has 5 N–H and O–H groups in total. The van der Waals surface area contributed by atoms with Crippen molar-refractivity contribution >= 4 is 29.8 Å². The van der Waals surface area contributed by atoms with Crippen LogP contribution < -0.4 is 4.74 Å². The maximum Gasteiger partial charge on any atom is 0.202 e. The number of Topliss-reactive ketones (excluding diaryl/α,β-unsaturated/α-hetero) is 1. The van der Waals surface area contributed by atoms with E-state index in [4.69, 9.17) is 18.9 Å². The first-order chi connectivity index (χ1) is 21.0. The van der Waals surface area contributed by atoms with Gasteiger partial charge in [0.2, 0.25) is 5.78 Å². The summed E-state index contributed by atoms with van der Waals surface area (Å²) in [5.74, 6) is -3.68. The van der Waals surface area contributed by atoms with Gasteiger partial charge in [-0.1, -0.05) is 12.1 Å². The Morgan fingerprint density at radius 3 is 2.44 bits per heavy atom. The minimum Gasteiger partial charge on any atom is -0.507 e. The van der Waals surface area contributed by atoms with E-state index >= 15 is 0 Å². The fourth-order valence-electron chi connectivity index (χ4n) is 6.96. The van der Waals surface area contributed by atoms with Crippen LogP contribution in [0.2, 0.25) is 0 Å². The molecule has 2 heterocycles. The number of methoxy groups -OCH3 is 1. The van der Waals surface area contributed by atoms with E-state index in [1.54, 1.807) is 6.92 Å². The largest absolute Gasteiger partial charge is 0.507 e. The van der Waals surface area contributed by atoms with Gasteiger partial charge in [-0.2, -0.15) is 0 Å². The third-order valence-corrected chi connectivity index (χ3v) is 9.24. The van der Waals surface area contributed by atoms with Crippen LogP contribution in [0.15, 0.2) is 18.2 Å². The number of aromatic hydroxyl groups is 2. The molecular weight excluding hydrogens is 614 g/mol. The second kappa shape index (κ2) is 12.6. The number of nitrogens with zero attached hydrogens (tertiary/aromatic N) is 1. The van der Waals surface area contributed by atoms with E-state index in [1.165, 1.54) is 25.3 Å². The average Bonchev–Trinajstić information content (AvgIpc) is 3.02. The van der Waals surface area contributed by atoms with Crippen molar-refractivity contribution < 1.29 is 58.9 Å². The number of aliphatic hydroxyl groups is 3. The molecule has 0 saturated carbocycles. The number of halogens is 1. The number of carbonyl (C=O) groups excluding carboxylic acids is 3. The molecule has 2 aromatic carbocycles. The molecule has 0 amide bonds. The maximum atomic E-state index is 13.8. The highest BCUT2D eigenvalue weighted by Crippen LogP contribution is 2.52. The Hall–Kier alpha value is -3.14. The Morgan fingerprint density at radius 1 is 1.09 bits per heavy atom. The molecule has 0 aromatic heterocycles. The third kappa shape index (κ3) is 5.40. The molecule has 6 rings (SSSR count). The summed E-state index contributed by atoms with van der Waals surface area (Å²) in [6.07, 6.45) is -4.66. The van der Waals surface area contributed by atoms with Crippen molar-refractivity contribution in [2.45, 2.75) is 62.4 Å². The molecular formula is C31H36ClNO12. The van der Waals surface area contributed by atoms with E-state index < -0.39 is 89.6 Å². The van der Waals surface area contributed by atoms with Gasteiger partial charge in [0.05, 0.1) is 55.3 Å². The quantitative estimate of drug-likeness (QED) is 0.236. The molecule has 14 heteroatoms. The van der Waals surface area contributed by atoms with Gasteiger partial charge in [0.15, 0.2) is 17.9 Å². The molecule has 2 aliphatic heterocycles. The van der Waals surface area contributed by atoms with Crippen molar-refractivity contribution in [2.24, 2.45) is 0 Å². The smallest absolute Gasteiger partial charge is 0.202 e. The molecule has 244 valence electrons. The molecule has 0 spiro atoms. The molecule has 2 aromatic rings. The number of benzene rings is 2. The predicted molar refractivity (Wildman–Crippen MR) is 157 cm³/mol. The highest BCUT2D eigenvalue weighted by atomic mass is 35.5. The third-order valence-electron chi connectivity index (χ3n) is 9.24. The van der Waals surface area contributed by atoms with Crippen molar-refractivity contribution in [3.05, 3.63) is 51.6 Å². The first-order valence-electron chi connectivity index (χ1n) is 14.5. The highest BCUT2D eigenvalue weighted by Gasteiger charge is 2.50. The van der Waals surface area contributed by atoms with Crippen molar-refractivity contribution in [1.82, 2.24) is 4.90 Å². The number of phenolic OH excluding ortho intramolecular Hbond substituents is 2. The van der Waals surface area contributed by atoms with E-state index in [1.807, 2.05) is 0 Å². The zero-order chi connectivity index (χ0) is 31.5. The lowest BCUT2D eigenvalue weighted by atomic mass is 9.72. The molecule has 0 radical (unpaired) electrons. The minimum atomic E-state index is -2.24. The van der Waals surface area contributed by atoms with Gasteiger partial charge in [0, 0.05) is 55.1 Å². The van der Waals surface area contributed by atoms with Crippen LogP contribution in [0.1, 0.15) is 68.8 Å². The lowest BCUT2D eigenvalue weighted by molar-refractivity contribution is -0.260. The summed E-state index contributed by atoms with van der Waals surface area (Å²) in [6.45, 7) is 2.83. The number of carbonyl (C=O) groups is 3. The van der Waals surface area contributed by atoms with E-state index in [0.29, 0.717) is 26.3 Å². The fraction of sp³-hybridized carbons (Fsp3) is 0.516. The first kappa shape index (κ1) is 33.2. The van der Waals surface area contributed by atoms with Crippen LogP contribution in [-0.2, 0) is 25.4 Å². The van der Waals surface area contributed by atoms with Gasteiger partial charge in [0.1, 0.15) is 29.5 Å². The Bertz CT molecular complexity index is 1520. The molecule has 0 bridgehead atoms. The Labute approximate surface area is 264 Å². The van der Waals surface area contributed by atoms with Crippen LogP contribution in [-0.4, -0.2) is 118 Å². The molecule has 4 aliphatic rings. The first-order valence-corrected chi connectivity index (χ1v) is 14.5. The summed E-state index contributed by atoms with van der Waals surface area (Å²) >= 11 is 0. The van der Waals surface area contributed by atoms with Crippen molar-refractivity contribution in [1.29, 1.82) is 0 Å². The minimum absolute atomic E-state index is 0. The van der Waals surface area contributed by atoms with Crippen LogP contribution in [0.3, 0.4) is 0 Å². The normalized spacial score (nSPS) is 29.7. The second-order valence-corrected chi connectivity index (χ2v) is 11.7. The summed E-state index contributed by atoms with van der Waals surface area (Å²) in [4.78, 5) is 42.3. The standard InChI is InChI=1S/C31H35NO12.ClH/c1-14-26(35)17(32-6-8-42-9-7-32)10-21(43-14)44-19-12-31(40,20(34)13-33)11-16-23(19)30(39)25-24(28(16)37)27(36)15-4-3-5-18(41-2)22(15)29(25)38;/h3-5,14,17,19,21,26,33,35,37,39-40H,6-13H2,1-2H3;1H. The molecule has 2 aliphatic carbocycles. The van der Waals surface area contributed by atoms with Gasteiger partial charge < -0.3 is 44.5 Å². The molecule has 6 atom stereocenters. The van der Waals surface area contributed by atoms with Crippen molar-refractivity contribution in [3.8, 4) is 17.2 Å². The maximum absolute atomic E-state index is 13.8. The van der Waals surface area contributed by atoms with Crippen LogP contribution in [0.25, 0.3) is 0 Å². The predicted octanol–water partition coefficient (Wildman–Crippen LogP) is 0.797. The van der Waals surface area contributed by atoms with Gasteiger partial charge in [-0.05, 0) is 13.0 Å². The van der Waals surface area contributed by atoms with Crippen LogP contribution in [0, 0.1) is 0 Å². The summed E-state index contributed by atoms with van der Waals surface area (Å²) in [5, 5.41) is 55.2.